The van der Waals surface area contributed by atoms with E-state index in [-0.39, 0.29) is 18.8 Å². The van der Waals surface area contributed by atoms with E-state index in [0.717, 1.165) is 12.2 Å². The van der Waals surface area contributed by atoms with Crippen molar-refractivity contribution < 1.29 is 23.8 Å². The summed E-state index contributed by atoms with van der Waals surface area (Å²) < 4.78 is 16.5. The number of rotatable bonds is 5. The third-order valence-corrected chi connectivity index (χ3v) is 6.51. The summed E-state index contributed by atoms with van der Waals surface area (Å²) >= 11 is 0. The molecule has 8 atom stereocenters. The van der Waals surface area contributed by atoms with Gasteiger partial charge in [0.25, 0.3) is 0 Å². The Hall–Kier alpha value is -1.09. The van der Waals surface area contributed by atoms with Crippen LogP contribution in [0, 0.1) is 23.7 Å². The molecule has 1 heterocycles. The second kappa shape index (κ2) is 5.77. The van der Waals surface area contributed by atoms with Gasteiger partial charge in [0.2, 0.25) is 0 Å². The minimum absolute atomic E-state index is 0.0732. The van der Waals surface area contributed by atoms with Gasteiger partial charge in [-0.15, -0.1) is 9.24 Å². The summed E-state index contributed by atoms with van der Waals surface area (Å²) in [6.45, 7) is 9.49. The molecule has 5 nitrogen and oxygen atoms in total. The van der Waals surface area contributed by atoms with Crippen LogP contribution in [-0.4, -0.2) is 35.9 Å². The second-order valence-corrected chi connectivity index (χ2v) is 8.57. The maximum Gasteiger partial charge on any atom is 0.344 e. The van der Waals surface area contributed by atoms with E-state index in [0.29, 0.717) is 30.1 Å². The molecule has 0 radical (unpaired) electrons. The molecule has 23 heavy (non-hydrogen) atoms. The van der Waals surface area contributed by atoms with Crippen molar-refractivity contribution in [2.75, 3.05) is 6.61 Å². The quantitative estimate of drug-likeness (QED) is 0.568. The van der Waals surface area contributed by atoms with E-state index in [4.69, 9.17) is 14.2 Å². The number of esters is 2. The average Bonchev–Trinajstić information content (AvgIpc) is 3.09. The van der Waals surface area contributed by atoms with Crippen molar-refractivity contribution >= 4 is 21.2 Å². The molecule has 3 aliphatic rings. The van der Waals surface area contributed by atoms with Gasteiger partial charge in [-0.2, -0.15) is 0 Å². The van der Waals surface area contributed by atoms with Crippen LogP contribution < -0.4 is 0 Å². The molecule has 1 aliphatic heterocycles. The van der Waals surface area contributed by atoms with Crippen LogP contribution in [0.2, 0.25) is 0 Å². The molecule has 2 aliphatic carbocycles. The Morgan fingerprint density at radius 3 is 2.78 bits per heavy atom. The van der Waals surface area contributed by atoms with Gasteiger partial charge in [0.1, 0.15) is 12.2 Å². The molecule has 2 saturated carbocycles. The maximum absolute atomic E-state index is 12.1. The van der Waals surface area contributed by atoms with E-state index in [2.05, 4.69) is 22.7 Å². The van der Waals surface area contributed by atoms with Crippen molar-refractivity contribution in [1.29, 1.82) is 0 Å². The second-order valence-electron chi connectivity index (χ2n) is 7.30. The molecule has 0 aromatic rings. The molecule has 0 amide bonds. The van der Waals surface area contributed by atoms with Crippen LogP contribution >= 0.6 is 9.24 Å². The Morgan fingerprint density at radius 2 is 2.13 bits per heavy atom. The largest absolute Gasteiger partial charge is 0.491 e. The zero-order valence-corrected chi connectivity index (χ0v) is 15.1. The Kier molecular flexibility index (Phi) is 4.20. The van der Waals surface area contributed by atoms with Gasteiger partial charge in [-0.3, -0.25) is 4.79 Å². The predicted molar refractivity (Wildman–Crippen MR) is 87.5 cm³/mol. The number of hydrogen-bond donors (Lipinski definition) is 0. The lowest BCUT2D eigenvalue weighted by Crippen LogP contribution is -2.40. The van der Waals surface area contributed by atoms with Gasteiger partial charge >= 0.3 is 11.9 Å². The first-order chi connectivity index (χ1) is 10.8. The topological polar surface area (TPSA) is 61.8 Å². The van der Waals surface area contributed by atoms with E-state index in [1.807, 2.05) is 6.92 Å². The highest BCUT2D eigenvalue weighted by atomic mass is 31.0. The molecule has 8 unspecified atom stereocenters. The molecule has 3 rings (SSSR count). The highest BCUT2D eigenvalue weighted by Crippen LogP contribution is 2.61. The molecule has 0 spiro atoms. The third kappa shape index (κ3) is 2.67. The van der Waals surface area contributed by atoms with Gasteiger partial charge < -0.3 is 14.2 Å². The molecule has 128 valence electrons. The average molecular weight is 340 g/mol. The van der Waals surface area contributed by atoms with Crippen LogP contribution in [0.5, 0.6) is 0 Å². The zero-order valence-electron chi connectivity index (χ0n) is 13.9. The fourth-order valence-corrected chi connectivity index (χ4v) is 4.39. The number of allylic oxidation sites excluding steroid dienone is 1. The summed E-state index contributed by atoms with van der Waals surface area (Å²) in [7, 11) is 2.47. The van der Waals surface area contributed by atoms with E-state index in [1.165, 1.54) is 0 Å². The first kappa shape index (κ1) is 16.8. The number of ether oxygens (including phenoxy) is 3. The summed E-state index contributed by atoms with van der Waals surface area (Å²) in [6, 6.07) is 0. The van der Waals surface area contributed by atoms with Crippen molar-refractivity contribution in [3.05, 3.63) is 12.3 Å². The summed E-state index contributed by atoms with van der Waals surface area (Å²) in [5.74, 6) is 1.48. The molecular weight excluding hydrogens is 315 g/mol. The lowest BCUT2D eigenvalue weighted by atomic mass is 9.79. The minimum atomic E-state index is -0.666. The first-order valence-electron chi connectivity index (χ1n) is 8.27. The van der Waals surface area contributed by atoms with E-state index in [9.17, 15) is 9.59 Å². The lowest BCUT2D eigenvalue weighted by Gasteiger charge is -2.30. The van der Waals surface area contributed by atoms with Gasteiger partial charge in [-0.25, -0.2) is 4.79 Å². The monoisotopic (exact) mass is 340 g/mol. The summed E-state index contributed by atoms with van der Waals surface area (Å²) in [5, 5.41) is -0.666. The zero-order chi connectivity index (χ0) is 16.9. The van der Waals surface area contributed by atoms with Crippen LogP contribution in [-0.2, 0) is 23.8 Å². The summed E-state index contributed by atoms with van der Waals surface area (Å²) in [6.07, 6.45) is 1.32. The van der Waals surface area contributed by atoms with Gasteiger partial charge in [0.15, 0.2) is 6.61 Å². The van der Waals surface area contributed by atoms with Gasteiger partial charge in [-0.1, -0.05) is 20.4 Å². The Labute approximate surface area is 139 Å². The highest BCUT2D eigenvalue weighted by Gasteiger charge is 2.64. The van der Waals surface area contributed by atoms with Gasteiger partial charge in [0.05, 0.1) is 10.9 Å². The summed E-state index contributed by atoms with van der Waals surface area (Å²) in [4.78, 5) is 24.0. The van der Waals surface area contributed by atoms with Crippen molar-refractivity contribution in [3.8, 4) is 0 Å². The Balaban J connectivity index is 1.56. The molecule has 1 saturated heterocycles. The number of hydrogen-bond acceptors (Lipinski definition) is 5. The molecule has 3 fully saturated rings. The van der Waals surface area contributed by atoms with Crippen LogP contribution in [0.15, 0.2) is 12.3 Å². The third-order valence-electron chi connectivity index (χ3n) is 5.86. The van der Waals surface area contributed by atoms with E-state index < -0.39 is 17.1 Å². The molecule has 0 aromatic carbocycles. The molecule has 0 N–H and O–H groups in total. The van der Waals surface area contributed by atoms with Crippen LogP contribution in [0.25, 0.3) is 0 Å². The molecular formula is C17H25O5P. The smallest absolute Gasteiger partial charge is 0.344 e. The van der Waals surface area contributed by atoms with E-state index >= 15 is 0 Å². The van der Waals surface area contributed by atoms with Crippen molar-refractivity contribution in [2.24, 2.45) is 23.7 Å². The fourth-order valence-electron chi connectivity index (χ4n) is 4.30. The maximum atomic E-state index is 12.1. The molecule has 6 heteroatoms. The van der Waals surface area contributed by atoms with Crippen LogP contribution in [0.4, 0.5) is 0 Å². The van der Waals surface area contributed by atoms with Crippen molar-refractivity contribution in [1.82, 2.24) is 0 Å². The van der Waals surface area contributed by atoms with Crippen LogP contribution in [0.1, 0.15) is 33.6 Å². The normalized spacial score (nSPS) is 39.7. The molecule has 2 bridgehead atoms. The standard InChI is InChI=1S/C17H25O5P/c1-5-17(4,23)16(19)20-7-12(18)22-14-10-6-11-13(8(10)2)9(3)21-15(11)14/h8,10-11,13-15H,3,5-7,23H2,1-2,4H3. The minimum Gasteiger partial charge on any atom is -0.491 e. The SMILES string of the molecule is C=C1OC2C3CC(C(C)C13)C2OC(=O)COC(=O)C(C)(P)CC. The Morgan fingerprint density at radius 1 is 1.43 bits per heavy atom. The van der Waals surface area contributed by atoms with Gasteiger partial charge in [0, 0.05) is 17.8 Å². The highest BCUT2D eigenvalue weighted by molar-refractivity contribution is 7.20. The number of carbonyl (C=O) groups is 2. The van der Waals surface area contributed by atoms with E-state index in [1.54, 1.807) is 6.92 Å². The number of carbonyl (C=O) groups excluding carboxylic acids is 2. The van der Waals surface area contributed by atoms with Crippen molar-refractivity contribution in [3.63, 3.8) is 0 Å². The van der Waals surface area contributed by atoms with Crippen LogP contribution in [0.3, 0.4) is 0 Å². The predicted octanol–water partition coefficient (Wildman–Crippen LogP) is 2.30. The number of fused-ring (bicyclic) bond motifs is 1. The first-order valence-corrected chi connectivity index (χ1v) is 8.85. The van der Waals surface area contributed by atoms with Gasteiger partial charge in [-0.05, 0) is 25.7 Å². The Bertz CT molecular complexity index is 543. The van der Waals surface area contributed by atoms with Crippen molar-refractivity contribution in [2.45, 2.75) is 51.0 Å². The molecule has 0 aromatic heterocycles. The fraction of sp³-hybridized carbons (Fsp3) is 0.765. The summed E-state index contributed by atoms with van der Waals surface area (Å²) in [5.41, 5.74) is 0. The lowest BCUT2D eigenvalue weighted by molar-refractivity contribution is -0.169.